The predicted molar refractivity (Wildman–Crippen MR) is 75.3 cm³/mol. The van der Waals surface area contributed by atoms with Crippen LogP contribution in [0.3, 0.4) is 0 Å². The van der Waals surface area contributed by atoms with Gasteiger partial charge in [0.1, 0.15) is 0 Å². The number of fused-ring (bicyclic) bond motifs is 1. The second-order valence-electron chi connectivity index (χ2n) is 3.87. The minimum Gasteiger partial charge on any atom is -0.264 e. The van der Waals surface area contributed by atoms with Gasteiger partial charge < -0.3 is 0 Å². The Bertz CT molecular complexity index is 701. The summed E-state index contributed by atoms with van der Waals surface area (Å²) in [4.78, 5) is 0. The van der Waals surface area contributed by atoms with Crippen molar-refractivity contribution in [3.8, 4) is 0 Å². The Morgan fingerprint density at radius 1 is 1.06 bits per heavy atom. The molecule has 0 bridgehead atoms. The molecule has 0 aromatic heterocycles. The largest absolute Gasteiger partial charge is 0.328 e. The highest BCUT2D eigenvalue weighted by Gasteiger charge is 2.33. The fourth-order valence-corrected chi connectivity index (χ4v) is 3.63. The van der Waals surface area contributed by atoms with Crippen LogP contribution in [-0.2, 0) is 10.2 Å². The predicted octanol–water partition coefficient (Wildman–Crippen LogP) is 3.26. The minimum atomic E-state index is -3.55. The molecule has 1 N–H and O–H groups in total. The molecular weight excluding hydrogens is 316 g/mol. The molecule has 18 heavy (non-hydrogen) atoms. The lowest BCUT2D eigenvalue weighted by Crippen LogP contribution is -2.25. The fourth-order valence-electron chi connectivity index (χ4n) is 1.92. The maximum absolute atomic E-state index is 12.1. The number of para-hydroxylation sites is 1. The van der Waals surface area contributed by atoms with E-state index in [2.05, 4.69) is 20.7 Å². The molecule has 0 aliphatic carbocycles. The minimum absolute atomic E-state index is 0.577. The van der Waals surface area contributed by atoms with Crippen LogP contribution in [0.1, 0.15) is 0 Å². The topological polar surface area (TPSA) is 49.4 Å². The van der Waals surface area contributed by atoms with Gasteiger partial charge in [0.2, 0.25) is 0 Å². The van der Waals surface area contributed by atoms with Crippen molar-refractivity contribution in [1.82, 2.24) is 0 Å². The van der Waals surface area contributed by atoms with Gasteiger partial charge in [0.15, 0.2) is 0 Å². The summed E-state index contributed by atoms with van der Waals surface area (Å²) in [6, 6.07) is 14.3. The number of halogens is 1. The molecule has 0 fully saturated rings. The van der Waals surface area contributed by atoms with Crippen molar-refractivity contribution in [2.45, 2.75) is 0 Å². The van der Waals surface area contributed by atoms with Gasteiger partial charge in [-0.1, -0.05) is 34.1 Å². The van der Waals surface area contributed by atoms with Crippen LogP contribution in [-0.4, -0.2) is 8.42 Å². The van der Waals surface area contributed by atoms with E-state index < -0.39 is 10.2 Å². The zero-order valence-corrected chi connectivity index (χ0v) is 11.6. The lowest BCUT2D eigenvalue weighted by molar-refractivity contribution is 0.603. The highest BCUT2D eigenvalue weighted by Crippen LogP contribution is 2.41. The zero-order chi connectivity index (χ0) is 12.8. The number of hydrogen-bond donors (Lipinski definition) is 1. The number of nitrogens with zero attached hydrogens (tertiary/aromatic N) is 1. The molecule has 6 heteroatoms. The molecule has 3 rings (SSSR count). The molecule has 1 aliphatic rings. The summed E-state index contributed by atoms with van der Waals surface area (Å²) in [5, 5.41) is 0. The van der Waals surface area contributed by atoms with E-state index in [4.69, 9.17) is 0 Å². The van der Waals surface area contributed by atoms with Crippen LogP contribution >= 0.6 is 15.9 Å². The Morgan fingerprint density at radius 2 is 1.78 bits per heavy atom. The SMILES string of the molecule is O=S1(=O)Nc2cc(Br)ccc2N1c1ccccc1. The first-order chi connectivity index (χ1) is 8.58. The van der Waals surface area contributed by atoms with E-state index in [-0.39, 0.29) is 0 Å². The average molecular weight is 325 g/mol. The summed E-state index contributed by atoms with van der Waals surface area (Å²) in [7, 11) is -3.55. The number of nitrogens with one attached hydrogen (secondary N) is 1. The lowest BCUT2D eigenvalue weighted by Gasteiger charge is -2.16. The second kappa shape index (κ2) is 4.00. The molecule has 0 atom stereocenters. The van der Waals surface area contributed by atoms with Crippen LogP contribution in [0.4, 0.5) is 17.1 Å². The standard InChI is InChI=1S/C12H9BrN2O2S/c13-9-6-7-12-11(8-9)14-18(16,17)15(12)10-4-2-1-3-5-10/h1-8,14H. The van der Waals surface area contributed by atoms with E-state index in [1.165, 1.54) is 4.31 Å². The van der Waals surface area contributed by atoms with E-state index in [0.717, 1.165) is 4.47 Å². The molecule has 0 saturated heterocycles. The van der Waals surface area contributed by atoms with Crippen LogP contribution < -0.4 is 9.03 Å². The number of rotatable bonds is 1. The first-order valence-electron chi connectivity index (χ1n) is 5.25. The summed E-state index contributed by atoms with van der Waals surface area (Å²) in [5.41, 5.74) is 1.82. The number of hydrogen-bond acceptors (Lipinski definition) is 2. The molecule has 92 valence electrons. The van der Waals surface area contributed by atoms with Gasteiger partial charge in [0.25, 0.3) is 0 Å². The molecule has 1 heterocycles. The molecule has 0 amide bonds. The fraction of sp³-hybridized carbons (Fsp3) is 0. The van der Waals surface area contributed by atoms with Crippen molar-refractivity contribution in [2.24, 2.45) is 0 Å². The Labute approximate surface area is 114 Å². The number of anilines is 3. The maximum atomic E-state index is 12.1. The summed E-state index contributed by atoms with van der Waals surface area (Å²) in [6.07, 6.45) is 0. The van der Waals surface area contributed by atoms with Crippen LogP contribution in [0.5, 0.6) is 0 Å². The van der Waals surface area contributed by atoms with Gasteiger partial charge in [-0.2, -0.15) is 8.42 Å². The van der Waals surface area contributed by atoms with Gasteiger partial charge in [0.05, 0.1) is 17.1 Å². The Morgan fingerprint density at radius 3 is 2.50 bits per heavy atom. The van der Waals surface area contributed by atoms with E-state index in [9.17, 15) is 8.42 Å². The highest BCUT2D eigenvalue weighted by molar-refractivity contribution is 9.10. The first-order valence-corrected chi connectivity index (χ1v) is 7.49. The molecule has 0 radical (unpaired) electrons. The summed E-state index contributed by atoms with van der Waals surface area (Å²) in [5.74, 6) is 0. The lowest BCUT2D eigenvalue weighted by atomic mass is 10.2. The number of benzene rings is 2. The summed E-state index contributed by atoms with van der Waals surface area (Å²) >= 11 is 3.33. The van der Waals surface area contributed by atoms with Gasteiger partial charge in [-0.3, -0.25) is 4.72 Å². The molecule has 4 nitrogen and oxygen atoms in total. The van der Waals surface area contributed by atoms with Crippen molar-refractivity contribution < 1.29 is 8.42 Å². The van der Waals surface area contributed by atoms with Crippen LogP contribution in [0, 0.1) is 0 Å². The quantitative estimate of drug-likeness (QED) is 0.875. The third-order valence-corrected chi connectivity index (χ3v) is 4.51. The Hall–Kier alpha value is -1.53. The van der Waals surface area contributed by atoms with E-state index in [0.29, 0.717) is 17.1 Å². The van der Waals surface area contributed by atoms with Crippen LogP contribution in [0.25, 0.3) is 0 Å². The van der Waals surface area contributed by atoms with Crippen LogP contribution in [0.15, 0.2) is 53.0 Å². The van der Waals surface area contributed by atoms with Gasteiger partial charge in [-0.05, 0) is 30.3 Å². The molecule has 2 aromatic carbocycles. The highest BCUT2D eigenvalue weighted by atomic mass is 79.9. The molecule has 0 spiro atoms. The first kappa shape index (κ1) is 11.6. The van der Waals surface area contributed by atoms with Gasteiger partial charge in [-0.15, -0.1) is 0 Å². The molecule has 0 saturated carbocycles. The third kappa shape index (κ3) is 1.77. The van der Waals surface area contributed by atoms with Gasteiger partial charge >= 0.3 is 10.2 Å². The second-order valence-corrected chi connectivity index (χ2v) is 6.30. The van der Waals surface area contributed by atoms with Crippen LogP contribution in [0.2, 0.25) is 0 Å². The maximum Gasteiger partial charge on any atom is 0.328 e. The molecular formula is C12H9BrN2O2S. The smallest absolute Gasteiger partial charge is 0.264 e. The van der Waals surface area contributed by atoms with E-state index in [1.54, 1.807) is 24.3 Å². The normalized spacial score (nSPS) is 16.2. The summed E-state index contributed by atoms with van der Waals surface area (Å²) in [6.45, 7) is 0. The van der Waals surface area contributed by atoms with E-state index in [1.807, 2.05) is 24.3 Å². The van der Waals surface area contributed by atoms with Gasteiger partial charge in [0, 0.05) is 4.47 Å². The average Bonchev–Trinajstić information content (AvgIpc) is 2.59. The molecule has 1 aliphatic heterocycles. The van der Waals surface area contributed by atoms with Crippen molar-refractivity contribution >= 4 is 43.2 Å². The molecule has 2 aromatic rings. The monoisotopic (exact) mass is 324 g/mol. The summed E-state index contributed by atoms with van der Waals surface area (Å²) < 4.78 is 28.9. The Balaban J connectivity index is 2.21. The van der Waals surface area contributed by atoms with Crippen molar-refractivity contribution in [3.05, 3.63) is 53.0 Å². The van der Waals surface area contributed by atoms with Crippen molar-refractivity contribution in [2.75, 3.05) is 9.03 Å². The van der Waals surface area contributed by atoms with Crippen molar-refractivity contribution in [1.29, 1.82) is 0 Å². The third-order valence-electron chi connectivity index (χ3n) is 2.65. The van der Waals surface area contributed by atoms with E-state index >= 15 is 0 Å². The van der Waals surface area contributed by atoms with Crippen molar-refractivity contribution in [3.63, 3.8) is 0 Å². The molecule has 0 unspecified atom stereocenters. The van der Waals surface area contributed by atoms with Gasteiger partial charge in [-0.25, -0.2) is 4.31 Å². The Kier molecular flexibility index (Phi) is 2.57. The zero-order valence-electron chi connectivity index (χ0n) is 9.17.